The molecular formula is C29H69N3. The lowest BCUT2D eigenvalue weighted by atomic mass is 10.1. The summed E-state index contributed by atoms with van der Waals surface area (Å²) in [5.41, 5.74) is 0.413. The summed E-state index contributed by atoms with van der Waals surface area (Å²) in [6.45, 7) is 35.9. The Kier molecular flexibility index (Phi) is 31.2. The van der Waals surface area contributed by atoms with E-state index in [9.17, 15) is 0 Å². The average molecular weight is 460 g/mol. The molecule has 200 valence electrons. The molecule has 0 atom stereocenters. The van der Waals surface area contributed by atoms with E-state index in [1.165, 1.54) is 77.8 Å². The summed E-state index contributed by atoms with van der Waals surface area (Å²) in [5.74, 6) is 0. The molecule has 3 fully saturated rings. The lowest BCUT2D eigenvalue weighted by Gasteiger charge is -2.34. The Bertz CT molecular complexity index is 318. The average Bonchev–Trinajstić information content (AvgIpc) is 3.28. The minimum Gasteiger partial charge on any atom is -0.301 e. The van der Waals surface area contributed by atoms with Gasteiger partial charge < -0.3 is 9.80 Å². The van der Waals surface area contributed by atoms with E-state index in [1.807, 2.05) is 41.5 Å². The second-order valence-electron chi connectivity index (χ2n) is 9.54. The van der Waals surface area contributed by atoms with Gasteiger partial charge in [-0.25, -0.2) is 0 Å². The zero-order chi connectivity index (χ0) is 24.9. The maximum absolute atomic E-state index is 2.56. The van der Waals surface area contributed by atoms with Gasteiger partial charge in [0, 0.05) is 17.6 Å². The highest BCUT2D eigenvalue weighted by atomic mass is 15.2. The third kappa shape index (κ3) is 20.5. The van der Waals surface area contributed by atoms with Gasteiger partial charge in [0.2, 0.25) is 0 Å². The summed E-state index contributed by atoms with van der Waals surface area (Å²) in [5, 5.41) is 0. The minimum atomic E-state index is 0. The highest BCUT2D eigenvalue weighted by molar-refractivity contribution is 4.79. The fraction of sp³-hybridized carbons (Fsp3) is 1.00. The molecule has 0 aliphatic carbocycles. The van der Waals surface area contributed by atoms with Crippen LogP contribution in [0.4, 0.5) is 0 Å². The molecule has 3 rings (SSSR count). The molecule has 3 heteroatoms. The third-order valence-corrected chi connectivity index (χ3v) is 5.80. The number of piperidine rings is 1. The van der Waals surface area contributed by atoms with Crippen LogP contribution >= 0.6 is 0 Å². The zero-order valence-corrected chi connectivity index (χ0v) is 24.5. The Morgan fingerprint density at radius 3 is 0.906 bits per heavy atom. The first kappa shape index (κ1) is 39.1. The second kappa shape index (κ2) is 25.5. The van der Waals surface area contributed by atoms with Crippen molar-refractivity contribution in [3.05, 3.63) is 0 Å². The molecule has 0 aromatic heterocycles. The number of rotatable bonds is 2. The zero-order valence-electron chi connectivity index (χ0n) is 24.5. The van der Waals surface area contributed by atoms with Crippen LogP contribution in [0.2, 0.25) is 0 Å². The van der Waals surface area contributed by atoms with Crippen molar-refractivity contribution in [3.8, 4) is 0 Å². The van der Waals surface area contributed by atoms with Crippen LogP contribution in [0.5, 0.6) is 0 Å². The van der Waals surface area contributed by atoms with E-state index >= 15 is 0 Å². The van der Waals surface area contributed by atoms with Gasteiger partial charge in [0.1, 0.15) is 0 Å². The summed E-state index contributed by atoms with van der Waals surface area (Å²) in [7, 11) is 0. The Morgan fingerprint density at radius 1 is 0.469 bits per heavy atom. The summed E-state index contributed by atoms with van der Waals surface area (Å²) < 4.78 is 0. The standard InChI is InChI=1S/2C8H17N.C6H13N.3C2H6.CH4/c1-8(2,3)9-6-4-5-7-9;1-8(2)9-6-4-3-5-7-9;1-6(2)7-4-3-5-7;3*1-2;/h4-7H2,1-3H3;8H,3-7H2,1-2H3;6H,3-5H2,1-2H3;3*1-2H3;1H4. The van der Waals surface area contributed by atoms with E-state index in [-0.39, 0.29) is 7.43 Å². The molecule has 3 aliphatic rings. The van der Waals surface area contributed by atoms with Crippen LogP contribution in [-0.4, -0.2) is 71.6 Å². The molecule has 0 N–H and O–H groups in total. The van der Waals surface area contributed by atoms with Crippen molar-refractivity contribution in [1.82, 2.24) is 14.7 Å². The lowest BCUT2D eigenvalue weighted by Crippen LogP contribution is -2.41. The Morgan fingerprint density at radius 2 is 0.750 bits per heavy atom. The van der Waals surface area contributed by atoms with Crippen LogP contribution in [0, 0.1) is 0 Å². The second-order valence-corrected chi connectivity index (χ2v) is 9.54. The molecule has 0 spiro atoms. The van der Waals surface area contributed by atoms with Gasteiger partial charge in [0.25, 0.3) is 0 Å². The normalized spacial score (nSPS) is 18.5. The molecule has 3 saturated heterocycles. The van der Waals surface area contributed by atoms with Gasteiger partial charge in [-0.3, -0.25) is 4.90 Å². The van der Waals surface area contributed by atoms with E-state index in [4.69, 9.17) is 0 Å². The quantitative estimate of drug-likeness (QED) is 0.409. The van der Waals surface area contributed by atoms with Crippen molar-refractivity contribution < 1.29 is 0 Å². The van der Waals surface area contributed by atoms with E-state index in [0.717, 1.165) is 12.1 Å². The minimum absolute atomic E-state index is 0. The maximum atomic E-state index is 2.56. The van der Waals surface area contributed by atoms with Crippen LogP contribution in [0.3, 0.4) is 0 Å². The van der Waals surface area contributed by atoms with E-state index < -0.39 is 0 Å². The smallest absolute Gasteiger partial charge is 0.0125 e. The van der Waals surface area contributed by atoms with E-state index in [1.54, 1.807) is 0 Å². The first-order chi connectivity index (χ1) is 14.7. The fourth-order valence-corrected chi connectivity index (χ4v) is 3.68. The first-order valence-corrected chi connectivity index (χ1v) is 13.9. The largest absolute Gasteiger partial charge is 0.301 e. The number of nitrogens with zero attached hydrogens (tertiary/aromatic N) is 3. The molecule has 3 heterocycles. The highest BCUT2D eigenvalue weighted by Crippen LogP contribution is 2.19. The van der Waals surface area contributed by atoms with Crippen molar-refractivity contribution in [2.24, 2.45) is 0 Å². The summed E-state index contributed by atoms with van der Waals surface area (Å²) in [6.07, 6.45) is 8.49. The first-order valence-electron chi connectivity index (χ1n) is 13.9. The Balaban J connectivity index is -0.000000163. The number of hydrogen-bond donors (Lipinski definition) is 0. The van der Waals surface area contributed by atoms with Crippen LogP contribution < -0.4 is 0 Å². The van der Waals surface area contributed by atoms with Crippen molar-refractivity contribution >= 4 is 0 Å². The molecular weight excluding hydrogens is 390 g/mol. The molecule has 3 nitrogen and oxygen atoms in total. The molecule has 3 aliphatic heterocycles. The van der Waals surface area contributed by atoms with Crippen molar-refractivity contribution in [1.29, 1.82) is 0 Å². The van der Waals surface area contributed by atoms with Gasteiger partial charge in [0.15, 0.2) is 0 Å². The number of hydrogen-bond acceptors (Lipinski definition) is 3. The summed E-state index contributed by atoms with van der Waals surface area (Å²) in [4.78, 5) is 7.58. The molecule has 0 radical (unpaired) electrons. The molecule has 0 unspecified atom stereocenters. The predicted molar refractivity (Wildman–Crippen MR) is 153 cm³/mol. The molecule has 0 amide bonds. The molecule has 0 aromatic rings. The third-order valence-electron chi connectivity index (χ3n) is 5.80. The van der Waals surface area contributed by atoms with Crippen molar-refractivity contribution in [2.75, 3.05) is 39.3 Å². The van der Waals surface area contributed by atoms with Crippen LogP contribution in [0.25, 0.3) is 0 Å². The SMILES string of the molecule is C.CC.CC.CC.CC(C)(C)N1CCCC1.CC(C)N1CCC1.CC(C)N1CCCCC1. The van der Waals surface area contributed by atoms with Crippen LogP contribution in [0.1, 0.15) is 136 Å². The lowest BCUT2D eigenvalue weighted by molar-refractivity contribution is 0.138. The number of likely N-dealkylation sites (tertiary alicyclic amines) is 3. The highest BCUT2D eigenvalue weighted by Gasteiger charge is 2.23. The molecule has 0 aromatic carbocycles. The maximum Gasteiger partial charge on any atom is 0.0125 e. The van der Waals surface area contributed by atoms with Crippen LogP contribution in [0.15, 0.2) is 0 Å². The molecule has 0 saturated carbocycles. The van der Waals surface area contributed by atoms with E-state index in [2.05, 4.69) is 63.2 Å². The van der Waals surface area contributed by atoms with Crippen molar-refractivity contribution in [3.63, 3.8) is 0 Å². The van der Waals surface area contributed by atoms with Gasteiger partial charge in [-0.05, 0) is 120 Å². The monoisotopic (exact) mass is 460 g/mol. The van der Waals surface area contributed by atoms with Gasteiger partial charge in [0.05, 0.1) is 0 Å². The Hall–Kier alpha value is -0.120. The van der Waals surface area contributed by atoms with Gasteiger partial charge in [-0.15, -0.1) is 0 Å². The summed E-state index contributed by atoms with van der Waals surface area (Å²) >= 11 is 0. The molecule has 32 heavy (non-hydrogen) atoms. The van der Waals surface area contributed by atoms with E-state index in [0.29, 0.717) is 5.54 Å². The van der Waals surface area contributed by atoms with Gasteiger partial charge in [-0.2, -0.15) is 0 Å². The fourth-order valence-electron chi connectivity index (χ4n) is 3.68. The predicted octanol–water partition coefficient (Wildman–Crippen LogP) is 8.58. The van der Waals surface area contributed by atoms with Gasteiger partial charge in [-0.1, -0.05) is 55.4 Å². The van der Waals surface area contributed by atoms with Gasteiger partial charge >= 0.3 is 0 Å². The topological polar surface area (TPSA) is 9.72 Å². The van der Waals surface area contributed by atoms with Crippen molar-refractivity contribution in [2.45, 2.75) is 154 Å². The summed E-state index contributed by atoms with van der Waals surface area (Å²) in [6, 6.07) is 1.55. The molecule has 0 bridgehead atoms. The Labute approximate surface area is 207 Å². The van der Waals surface area contributed by atoms with Crippen LogP contribution in [-0.2, 0) is 0 Å².